The third-order valence-corrected chi connectivity index (χ3v) is 7.74. The summed E-state index contributed by atoms with van der Waals surface area (Å²) in [7, 11) is 1.41. The summed E-state index contributed by atoms with van der Waals surface area (Å²) in [4.78, 5) is 19.3. The number of methoxy groups -OCH3 is 1. The second kappa shape index (κ2) is 12.1. The summed E-state index contributed by atoms with van der Waals surface area (Å²) in [6.07, 6.45) is 8.75. The molecule has 0 radical (unpaired) electrons. The number of benzene rings is 2. The Morgan fingerprint density at radius 3 is 2.61 bits per heavy atom. The molecular weight excluding hydrogens is 474 g/mol. The van der Waals surface area contributed by atoms with Crippen LogP contribution in [0.5, 0.6) is 0 Å². The Labute approximate surface area is 224 Å². The lowest BCUT2D eigenvalue weighted by Crippen LogP contribution is -2.54. The van der Waals surface area contributed by atoms with E-state index in [2.05, 4.69) is 38.7 Å². The van der Waals surface area contributed by atoms with Crippen LogP contribution in [0.2, 0.25) is 0 Å². The lowest BCUT2D eigenvalue weighted by molar-refractivity contribution is 0.0601. The van der Waals surface area contributed by atoms with Crippen LogP contribution in [0.3, 0.4) is 0 Å². The molecule has 0 spiro atoms. The van der Waals surface area contributed by atoms with Crippen molar-refractivity contribution in [3.8, 4) is 17.2 Å². The van der Waals surface area contributed by atoms with Gasteiger partial charge < -0.3 is 20.3 Å². The Morgan fingerprint density at radius 1 is 1.03 bits per heavy atom. The fraction of sp³-hybridized carbons (Fsp3) is 0.387. The number of ether oxygens (including phenoxy) is 1. The number of rotatable bonds is 7. The molecule has 0 amide bonds. The van der Waals surface area contributed by atoms with Gasteiger partial charge in [-0.2, -0.15) is 5.26 Å². The molecule has 0 unspecified atom stereocenters. The van der Waals surface area contributed by atoms with E-state index in [1.807, 2.05) is 42.5 Å². The third kappa shape index (κ3) is 5.98. The van der Waals surface area contributed by atoms with Crippen molar-refractivity contribution in [3.05, 3.63) is 78.0 Å². The zero-order chi connectivity index (χ0) is 26.3. The third-order valence-electron chi connectivity index (χ3n) is 7.74. The first-order valence-electron chi connectivity index (χ1n) is 13.6. The number of esters is 1. The number of carbonyl (C=O) groups is 1. The van der Waals surface area contributed by atoms with Crippen LogP contribution in [-0.2, 0) is 4.74 Å². The van der Waals surface area contributed by atoms with Gasteiger partial charge in [-0.3, -0.25) is 0 Å². The number of carbonyl (C=O) groups excluding carboxylic acids is 1. The van der Waals surface area contributed by atoms with Gasteiger partial charge >= 0.3 is 5.97 Å². The number of nitriles is 1. The van der Waals surface area contributed by atoms with Gasteiger partial charge in [-0.05, 0) is 79.3 Å². The molecule has 1 aliphatic carbocycles. The maximum absolute atomic E-state index is 12.3. The summed E-state index contributed by atoms with van der Waals surface area (Å²) in [6, 6.07) is 22.7. The highest BCUT2D eigenvalue weighted by atomic mass is 16.5. The molecule has 1 saturated heterocycles. The molecule has 1 saturated carbocycles. The van der Waals surface area contributed by atoms with E-state index in [0.717, 1.165) is 55.7 Å². The maximum Gasteiger partial charge on any atom is 0.338 e. The molecule has 3 atom stereocenters. The molecule has 7 heteroatoms. The fourth-order valence-electron chi connectivity index (χ4n) is 5.79. The number of piperidine rings is 1. The van der Waals surface area contributed by atoms with E-state index in [9.17, 15) is 4.79 Å². The Bertz CT molecular complexity index is 1290. The van der Waals surface area contributed by atoms with Crippen LogP contribution in [0.15, 0.2) is 66.9 Å². The smallest absolute Gasteiger partial charge is 0.338 e. The van der Waals surface area contributed by atoms with Gasteiger partial charge in [0.1, 0.15) is 5.82 Å². The molecule has 7 nitrogen and oxygen atoms in total. The van der Waals surface area contributed by atoms with Gasteiger partial charge in [-0.25, -0.2) is 9.78 Å². The highest BCUT2D eigenvalue weighted by Gasteiger charge is 2.29. The van der Waals surface area contributed by atoms with E-state index in [1.54, 1.807) is 12.3 Å². The largest absolute Gasteiger partial charge is 0.465 e. The summed E-state index contributed by atoms with van der Waals surface area (Å²) in [5.41, 5.74) is 4.21. The van der Waals surface area contributed by atoms with Crippen LogP contribution in [0.25, 0.3) is 11.1 Å². The van der Waals surface area contributed by atoms with Crippen LogP contribution in [0.4, 0.5) is 11.5 Å². The quantitative estimate of drug-likeness (QED) is 0.413. The van der Waals surface area contributed by atoms with Crippen LogP contribution in [0, 0.1) is 11.3 Å². The topological polar surface area (TPSA) is 90.3 Å². The Balaban J connectivity index is 1.27. The van der Waals surface area contributed by atoms with Crippen LogP contribution < -0.4 is 15.5 Å². The first-order valence-corrected chi connectivity index (χ1v) is 13.6. The van der Waals surface area contributed by atoms with Gasteiger partial charge in [-0.1, -0.05) is 31.0 Å². The van der Waals surface area contributed by atoms with E-state index in [1.165, 1.54) is 25.6 Å². The predicted molar refractivity (Wildman–Crippen MR) is 150 cm³/mol. The number of hydrogen-bond donors (Lipinski definition) is 2. The number of anilines is 2. The molecule has 196 valence electrons. The van der Waals surface area contributed by atoms with Crippen LogP contribution in [0.1, 0.15) is 54.4 Å². The summed E-state index contributed by atoms with van der Waals surface area (Å²) in [5, 5.41) is 16.8. The highest BCUT2D eigenvalue weighted by molar-refractivity contribution is 5.97. The number of aromatic nitrogens is 1. The fourth-order valence-corrected chi connectivity index (χ4v) is 5.79. The van der Waals surface area contributed by atoms with E-state index in [-0.39, 0.29) is 12.0 Å². The van der Waals surface area contributed by atoms with E-state index in [4.69, 9.17) is 10.00 Å². The van der Waals surface area contributed by atoms with Crippen molar-refractivity contribution in [2.75, 3.05) is 30.4 Å². The lowest BCUT2D eigenvalue weighted by Gasteiger charge is -2.40. The zero-order valence-corrected chi connectivity index (χ0v) is 21.9. The molecule has 5 rings (SSSR count). The van der Waals surface area contributed by atoms with Gasteiger partial charge in [0.2, 0.25) is 0 Å². The molecule has 38 heavy (non-hydrogen) atoms. The normalized spacial score (nSPS) is 21.4. The minimum atomic E-state index is -0.342. The molecule has 2 N–H and O–H groups in total. The lowest BCUT2D eigenvalue weighted by atomic mass is 9.89. The summed E-state index contributed by atoms with van der Waals surface area (Å²) in [6.45, 7) is 2.01. The van der Waals surface area contributed by atoms with Crippen molar-refractivity contribution in [2.45, 2.75) is 56.7 Å². The van der Waals surface area contributed by atoms with Crippen molar-refractivity contribution in [2.24, 2.45) is 0 Å². The number of nitrogens with zero attached hydrogens (tertiary/aromatic N) is 3. The van der Waals surface area contributed by atoms with Crippen molar-refractivity contribution in [3.63, 3.8) is 0 Å². The average Bonchev–Trinajstić information content (AvgIpc) is 2.98. The first-order chi connectivity index (χ1) is 18.6. The molecule has 1 aliphatic heterocycles. The van der Waals surface area contributed by atoms with Gasteiger partial charge in [-0.15, -0.1) is 0 Å². The minimum absolute atomic E-state index is 0.285. The summed E-state index contributed by atoms with van der Waals surface area (Å²) in [5.74, 6) is 0.481. The summed E-state index contributed by atoms with van der Waals surface area (Å²) >= 11 is 0. The van der Waals surface area contributed by atoms with E-state index in [0.29, 0.717) is 23.2 Å². The second-order valence-electron chi connectivity index (χ2n) is 10.2. The zero-order valence-electron chi connectivity index (χ0n) is 21.9. The van der Waals surface area contributed by atoms with Crippen molar-refractivity contribution >= 4 is 17.5 Å². The molecule has 2 aliphatic rings. The number of hydrogen-bond acceptors (Lipinski definition) is 7. The molecule has 0 bridgehead atoms. The average molecular weight is 510 g/mol. The SMILES string of the molecule is COC(=O)c1ccccc1-c1ccnc(N[C@@H]2CCCC[C@H]2N[C@H]2CCCN(c3ccc(C#N)cc3)C2)c1. The van der Waals surface area contributed by atoms with Gasteiger partial charge in [0.25, 0.3) is 0 Å². The molecular formula is C31H35N5O2. The molecule has 3 aromatic rings. The van der Waals surface area contributed by atoms with Crippen LogP contribution >= 0.6 is 0 Å². The van der Waals surface area contributed by atoms with E-state index < -0.39 is 0 Å². The molecule has 1 aromatic heterocycles. The Morgan fingerprint density at radius 2 is 1.82 bits per heavy atom. The van der Waals surface area contributed by atoms with Crippen molar-refractivity contribution in [1.29, 1.82) is 5.26 Å². The highest BCUT2D eigenvalue weighted by Crippen LogP contribution is 2.28. The molecule has 2 aromatic carbocycles. The van der Waals surface area contributed by atoms with Crippen molar-refractivity contribution < 1.29 is 9.53 Å². The van der Waals surface area contributed by atoms with Gasteiger partial charge in [0.15, 0.2) is 0 Å². The van der Waals surface area contributed by atoms with Gasteiger partial charge in [0, 0.05) is 43.1 Å². The molecule has 2 heterocycles. The summed E-state index contributed by atoms with van der Waals surface area (Å²) < 4.78 is 4.99. The standard InChI is InChI=1S/C31H35N5O2/c1-38-31(37)27-9-3-2-8-26(27)23-16-17-33-30(19-23)35-29-11-5-4-10-28(29)34-24-7-6-18-36(21-24)25-14-12-22(20-32)13-15-25/h2-3,8-9,12-17,19,24,28-29,34H,4-7,10-11,18,21H2,1H3,(H,33,35)/t24-,28+,29+/m0/s1. The monoisotopic (exact) mass is 509 g/mol. The Hall–Kier alpha value is -3.89. The van der Waals surface area contributed by atoms with Gasteiger partial charge in [0.05, 0.1) is 24.3 Å². The van der Waals surface area contributed by atoms with E-state index >= 15 is 0 Å². The Kier molecular flexibility index (Phi) is 8.20. The van der Waals surface area contributed by atoms with Crippen molar-refractivity contribution in [1.82, 2.24) is 10.3 Å². The van der Waals surface area contributed by atoms with Crippen LogP contribution in [-0.4, -0.2) is 49.3 Å². The molecule has 2 fully saturated rings. The minimum Gasteiger partial charge on any atom is -0.465 e. The number of nitrogens with one attached hydrogen (secondary N) is 2. The second-order valence-corrected chi connectivity index (χ2v) is 10.2. The maximum atomic E-state index is 12.3. The number of pyridine rings is 1. The first kappa shape index (κ1) is 25.7. The predicted octanol–water partition coefficient (Wildman–Crippen LogP) is 5.39.